The first kappa shape index (κ1) is 11.5. The molecule has 0 saturated carbocycles. The normalized spacial score (nSPS) is 11.7. The van der Waals surface area contributed by atoms with Crippen molar-refractivity contribution in [3.63, 3.8) is 0 Å². The molecule has 1 aromatic rings. The minimum atomic E-state index is -0.902. The van der Waals surface area contributed by atoms with Crippen LogP contribution in [0.4, 0.5) is 0 Å². The number of carboxylic acids is 1. The van der Waals surface area contributed by atoms with Crippen LogP contribution in [0.2, 0.25) is 0 Å². The van der Waals surface area contributed by atoms with Crippen molar-refractivity contribution in [1.29, 1.82) is 0 Å². The number of carboxylic acid groups (broad SMARTS) is 1. The maximum Gasteiger partial charge on any atom is 0.343 e. The van der Waals surface area contributed by atoms with Gasteiger partial charge in [-0.05, 0) is 20.8 Å². The Morgan fingerprint density at radius 2 is 2.13 bits per heavy atom. The highest BCUT2D eigenvalue weighted by Crippen LogP contribution is 2.08. The first-order valence-corrected chi connectivity index (χ1v) is 4.71. The summed E-state index contributed by atoms with van der Waals surface area (Å²) in [5.74, 6) is -0.488. The molecule has 0 fully saturated rings. The summed E-state index contributed by atoms with van der Waals surface area (Å²) in [4.78, 5) is 24.3. The third-order valence-corrected chi connectivity index (χ3v) is 1.88. The maximum absolute atomic E-state index is 11.4. The Morgan fingerprint density at radius 1 is 1.53 bits per heavy atom. The van der Waals surface area contributed by atoms with Crippen LogP contribution in [-0.2, 0) is 16.8 Å². The largest absolute Gasteiger partial charge is 0.481 e. The zero-order valence-electron chi connectivity index (χ0n) is 9.07. The van der Waals surface area contributed by atoms with Gasteiger partial charge in [-0.25, -0.2) is 9.48 Å². The van der Waals surface area contributed by atoms with E-state index in [1.165, 1.54) is 4.68 Å². The van der Waals surface area contributed by atoms with Crippen molar-refractivity contribution in [2.75, 3.05) is 0 Å². The summed E-state index contributed by atoms with van der Waals surface area (Å²) in [7, 11) is 0. The lowest BCUT2D eigenvalue weighted by atomic mass is 10.1. The van der Waals surface area contributed by atoms with E-state index >= 15 is 0 Å². The van der Waals surface area contributed by atoms with Gasteiger partial charge in [0.25, 0.3) is 0 Å². The summed E-state index contributed by atoms with van der Waals surface area (Å²) in [6.07, 6.45) is 0.213. The van der Waals surface area contributed by atoms with E-state index < -0.39 is 11.5 Å². The second-order valence-electron chi connectivity index (χ2n) is 4.35. The summed E-state index contributed by atoms with van der Waals surface area (Å²) in [5.41, 5.74) is -0.697. The standard InChI is InChI=1S/C9H15N3O3/c1-9(2,3)12-8(15)10-6(11-12)4-5-7(13)14/h4-5H2,1-3H3,(H,13,14)(H,10,11,15). The van der Waals surface area contributed by atoms with Gasteiger partial charge in [-0.15, -0.1) is 0 Å². The van der Waals surface area contributed by atoms with Gasteiger partial charge in [-0.2, -0.15) is 5.10 Å². The molecule has 0 unspecified atom stereocenters. The molecule has 1 aromatic heterocycles. The fourth-order valence-electron chi connectivity index (χ4n) is 1.16. The van der Waals surface area contributed by atoms with Crippen LogP contribution in [0, 0.1) is 0 Å². The minimum absolute atomic E-state index is 0.0307. The topological polar surface area (TPSA) is 88.0 Å². The number of rotatable bonds is 3. The van der Waals surface area contributed by atoms with E-state index in [1.54, 1.807) is 0 Å². The quantitative estimate of drug-likeness (QED) is 0.758. The lowest BCUT2D eigenvalue weighted by molar-refractivity contribution is -0.137. The third kappa shape index (κ3) is 2.93. The molecule has 6 nitrogen and oxygen atoms in total. The highest BCUT2D eigenvalue weighted by atomic mass is 16.4. The Bertz CT molecular complexity index is 411. The number of aromatic nitrogens is 3. The van der Waals surface area contributed by atoms with Crippen LogP contribution in [0.3, 0.4) is 0 Å². The molecule has 0 bridgehead atoms. The Kier molecular flexibility index (Phi) is 2.97. The summed E-state index contributed by atoms with van der Waals surface area (Å²) in [6.45, 7) is 5.57. The predicted octanol–water partition coefficient (Wildman–Crippen LogP) is 0.344. The van der Waals surface area contributed by atoms with Crippen LogP contribution in [0.1, 0.15) is 33.0 Å². The first-order valence-electron chi connectivity index (χ1n) is 4.71. The van der Waals surface area contributed by atoms with Gasteiger partial charge in [-0.1, -0.05) is 0 Å². The fourth-order valence-corrected chi connectivity index (χ4v) is 1.16. The summed E-state index contributed by atoms with van der Waals surface area (Å²) < 4.78 is 1.32. The van der Waals surface area contributed by atoms with E-state index in [9.17, 15) is 9.59 Å². The van der Waals surface area contributed by atoms with E-state index in [4.69, 9.17) is 5.11 Å². The van der Waals surface area contributed by atoms with Crippen LogP contribution in [-0.4, -0.2) is 25.8 Å². The van der Waals surface area contributed by atoms with Crippen LogP contribution in [0.25, 0.3) is 0 Å². The van der Waals surface area contributed by atoms with Crippen LogP contribution in [0.15, 0.2) is 4.79 Å². The molecule has 0 aliphatic rings. The minimum Gasteiger partial charge on any atom is -0.481 e. The molecule has 6 heteroatoms. The van der Waals surface area contributed by atoms with Crippen molar-refractivity contribution in [3.05, 3.63) is 16.3 Å². The van der Waals surface area contributed by atoms with Crippen molar-refractivity contribution in [2.24, 2.45) is 0 Å². The second-order valence-corrected chi connectivity index (χ2v) is 4.35. The number of aromatic amines is 1. The van der Waals surface area contributed by atoms with Crippen molar-refractivity contribution < 1.29 is 9.90 Å². The zero-order chi connectivity index (χ0) is 11.6. The van der Waals surface area contributed by atoms with Gasteiger partial charge in [0.1, 0.15) is 5.82 Å². The molecule has 0 radical (unpaired) electrons. The summed E-state index contributed by atoms with van der Waals surface area (Å²) >= 11 is 0. The smallest absolute Gasteiger partial charge is 0.343 e. The molecule has 84 valence electrons. The third-order valence-electron chi connectivity index (χ3n) is 1.88. The molecule has 0 amide bonds. The Labute approximate surface area is 86.9 Å². The summed E-state index contributed by atoms with van der Waals surface area (Å²) in [6, 6.07) is 0. The molecule has 15 heavy (non-hydrogen) atoms. The van der Waals surface area contributed by atoms with Gasteiger partial charge in [0.2, 0.25) is 0 Å². The number of aryl methyl sites for hydroxylation is 1. The number of hydrogen-bond acceptors (Lipinski definition) is 3. The second kappa shape index (κ2) is 3.88. The molecule has 2 N–H and O–H groups in total. The molecule has 1 rings (SSSR count). The summed E-state index contributed by atoms with van der Waals surface area (Å²) in [5, 5.41) is 12.5. The van der Waals surface area contributed by atoms with Gasteiger partial charge in [0.05, 0.1) is 12.0 Å². The molecule has 0 spiro atoms. The number of aliphatic carboxylic acids is 1. The van der Waals surface area contributed by atoms with Crippen molar-refractivity contribution in [3.8, 4) is 0 Å². The molecule has 0 atom stereocenters. The van der Waals surface area contributed by atoms with Gasteiger partial charge >= 0.3 is 11.7 Å². The van der Waals surface area contributed by atoms with Crippen LogP contribution in [0.5, 0.6) is 0 Å². The van der Waals surface area contributed by atoms with E-state index in [0.29, 0.717) is 5.82 Å². The average molecular weight is 213 g/mol. The van der Waals surface area contributed by atoms with E-state index in [2.05, 4.69) is 10.1 Å². The van der Waals surface area contributed by atoms with Crippen LogP contribution >= 0.6 is 0 Å². The van der Waals surface area contributed by atoms with Crippen molar-refractivity contribution in [1.82, 2.24) is 14.8 Å². The first-order chi connectivity index (χ1) is 6.80. The van der Waals surface area contributed by atoms with Gasteiger partial charge in [0, 0.05) is 6.42 Å². The van der Waals surface area contributed by atoms with Crippen molar-refractivity contribution in [2.45, 2.75) is 39.2 Å². The maximum atomic E-state index is 11.4. The molecule has 1 heterocycles. The van der Waals surface area contributed by atoms with E-state index in [1.807, 2.05) is 20.8 Å². The molecule has 0 aromatic carbocycles. The Hall–Kier alpha value is -1.59. The van der Waals surface area contributed by atoms with Gasteiger partial charge in [0.15, 0.2) is 0 Å². The predicted molar refractivity (Wildman–Crippen MR) is 53.8 cm³/mol. The number of nitrogens with one attached hydrogen (secondary N) is 1. The SMILES string of the molecule is CC(C)(C)n1nc(CCC(=O)O)[nH]c1=O. The number of H-pyrrole nitrogens is 1. The number of hydrogen-bond donors (Lipinski definition) is 2. The number of carbonyl (C=O) groups is 1. The Morgan fingerprint density at radius 3 is 2.53 bits per heavy atom. The van der Waals surface area contributed by atoms with Crippen LogP contribution < -0.4 is 5.69 Å². The monoisotopic (exact) mass is 213 g/mol. The molecule has 0 aliphatic heterocycles. The number of nitrogens with zero attached hydrogens (tertiary/aromatic N) is 2. The molecule has 0 aliphatic carbocycles. The van der Waals surface area contributed by atoms with Gasteiger partial charge in [-0.3, -0.25) is 9.78 Å². The molecule has 0 saturated heterocycles. The van der Waals surface area contributed by atoms with Gasteiger partial charge < -0.3 is 5.11 Å². The van der Waals surface area contributed by atoms with E-state index in [-0.39, 0.29) is 18.5 Å². The van der Waals surface area contributed by atoms with E-state index in [0.717, 1.165) is 0 Å². The average Bonchev–Trinajstić information content (AvgIpc) is 2.42. The highest BCUT2D eigenvalue weighted by molar-refractivity contribution is 5.66. The highest BCUT2D eigenvalue weighted by Gasteiger charge is 2.18. The van der Waals surface area contributed by atoms with Crippen molar-refractivity contribution >= 4 is 5.97 Å². The molecular weight excluding hydrogens is 198 g/mol. The molecular formula is C9H15N3O3. The zero-order valence-corrected chi connectivity index (χ0v) is 9.07. The lowest BCUT2D eigenvalue weighted by Gasteiger charge is -2.16. The lowest BCUT2D eigenvalue weighted by Crippen LogP contribution is -2.33. The Balaban J connectivity index is 2.87. The fraction of sp³-hybridized carbons (Fsp3) is 0.667.